The molecule has 1 N–H and O–H groups in total. The predicted octanol–water partition coefficient (Wildman–Crippen LogP) is 3.81. The summed E-state index contributed by atoms with van der Waals surface area (Å²) >= 11 is 3.35. The lowest BCUT2D eigenvalue weighted by molar-refractivity contribution is -0.119. The number of sulfonamides is 1. The van der Waals surface area contributed by atoms with Crippen LogP contribution >= 0.6 is 15.9 Å². The lowest BCUT2D eigenvalue weighted by atomic mass is 10.2. The smallest absolute Gasteiger partial charge is 0.264 e. The van der Waals surface area contributed by atoms with E-state index < -0.39 is 22.5 Å². The van der Waals surface area contributed by atoms with Crippen LogP contribution in [0.25, 0.3) is 0 Å². The van der Waals surface area contributed by atoms with E-state index in [9.17, 15) is 13.2 Å². The lowest BCUT2D eigenvalue weighted by Crippen LogP contribution is -2.39. The SMILES string of the molecule is COc1ccc(OC)c(N(CC(=O)N/N=C\c2ccc(Br)cc2)S(=O)(=O)c2ccccc2)c1. The van der Waals surface area contributed by atoms with Crippen molar-refractivity contribution in [2.24, 2.45) is 5.10 Å². The molecule has 1 amide bonds. The van der Waals surface area contributed by atoms with E-state index >= 15 is 0 Å². The zero-order chi connectivity index (χ0) is 23.8. The maximum atomic E-state index is 13.5. The van der Waals surface area contributed by atoms with E-state index in [4.69, 9.17) is 9.47 Å². The lowest BCUT2D eigenvalue weighted by Gasteiger charge is -2.25. The molecule has 8 nitrogen and oxygen atoms in total. The summed E-state index contributed by atoms with van der Waals surface area (Å²) in [6.07, 6.45) is 1.46. The first-order valence-electron chi connectivity index (χ1n) is 9.72. The van der Waals surface area contributed by atoms with Gasteiger partial charge in [0.15, 0.2) is 0 Å². The number of amides is 1. The van der Waals surface area contributed by atoms with Crippen molar-refractivity contribution >= 4 is 43.8 Å². The average molecular weight is 532 g/mol. The van der Waals surface area contributed by atoms with Gasteiger partial charge in [-0.2, -0.15) is 5.10 Å². The fraction of sp³-hybridized carbons (Fsp3) is 0.130. The molecular weight excluding hydrogens is 510 g/mol. The minimum Gasteiger partial charge on any atom is -0.497 e. The highest BCUT2D eigenvalue weighted by Crippen LogP contribution is 2.35. The minimum absolute atomic E-state index is 0.0287. The molecule has 0 atom stereocenters. The van der Waals surface area contributed by atoms with Crippen LogP contribution in [0.3, 0.4) is 0 Å². The highest BCUT2D eigenvalue weighted by atomic mass is 79.9. The molecule has 0 radical (unpaired) electrons. The van der Waals surface area contributed by atoms with Crippen LogP contribution in [0.5, 0.6) is 11.5 Å². The van der Waals surface area contributed by atoms with Gasteiger partial charge in [0.2, 0.25) is 0 Å². The number of hydrogen-bond donors (Lipinski definition) is 1. The number of halogens is 1. The van der Waals surface area contributed by atoms with Crippen LogP contribution in [0.4, 0.5) is 5.69 Å². The number of benzene rings is 3. The van der Waals surface area contributed by atoms with E-state index in [0.717, 1.165) is 14.3 Å². The van der Waals surface area contributed by atoms with E-state index in [0.29, 0.717) is 5.75 Å². The average Bonchev–Trinajstić information content (AvgIpc) is 2.84. The fourth-order valence-corrected chi connectivity index (χ4v) is 4.61. The summed E-state index contributed by atoms with van der Waals surface area (Å²) in [5, 5.41) is 3.93. The molecule has 0 unspecified atom stereocenters. The molecule has 0 aliphatic carbocycles. The molecule has 0 saturated carbocycles. The summed E-state index contributed by atoms with van der Waals surface area (Å²) in [4.78, 5) is 12.7. The van der Waals surface area contributed by atoms with Gasteiger partial charge in [0.1, 0.15) is 18.0 Å². The summed E-state index contributed by atoms with van der Waals surface area (Å²) in [6.45, 7) is -0.529. The van der Waals surface area contributed by atoms with Crippen LogP contribution in [0.15, 0.2) is 87.3 Å². The first-order chi connectivity index (χ1) is 15.8. The predicted molar refractivity (Wildman–Crippen MR) is 130 cm³/mol. The van der Waals surface area contributed by atoms with Crippen LogP contribution < -0.4 is 19.2 Å². The van der Waals surface area contributed by atoms with Crippen LogP contribution in [0.2, 0.25) is 0 Å². The second-order valence-corrected chi connectivity index (χ2v) is 9.49. The van der Waals surface area contributed by atoms with Gasteiger partial charge in [-0.1, -0.05) is 46.3 Å². The maximum absolute atomic E-state index is 13.5. The highest BCUT2D eigenvalue weighted by molar-refractivity contribution is 9.10. The van der Waals surface area contributed by atoms with Crippen molar-refractivity contribution < 1.29 is 22.7 Å². The number of hydrazone groups is 1. The Morgan fingerprint density at radius 1 is 1.03 bits per heavy atom. The van der Waals surface area contributed by atoms with Gasteiger partial charge in [0, 0.05) is 10.5 Å². The van der Waals surface area contributed by atoms with Gasteiger partial charge in [-0.25, -0.2) is 13.8 Å². The molecule has 0 bridgehead atoms. The standard InChI is InChI=1S/C23H22BrN3O5S/c1-31-19-12-13-22(32-2)21(14-19)27(33(29,30)20-6-4-3-5-7-20)16-23(28)26-25-15-17-8-10-18(24)11-9-17/h3-15H,16H2,1-2H3,(H,26,28)/b25-15-. The summed E-state index contributed by atoms with van der Waals surface area (Å²) in [6, 6.07) is 19.9. The van der Waals surface area contributed by atoms with Crippen molar-refractivity contribution in [2.75, 3.05) is 25.1 Å². The van der Waals surface area contributed by atoms with Gasteiger partial charge < -0.3 is 9.47 Å². The van der Waals surface area contributed by atoms with Crippen molar-refractivity contribution in [2.45, 2.75) is 4.90 Å². The molecule has 0 spiro atoms. The third kappa shape index (κ3) is 6.11. The first kappa shape index (κ1) is 24.3. The van der Waals surface area contributed by atoms with Crippen LogP contribution in [-0.4, -0.2) is 41.3 Å². The van der Waals surface area contributed by atoms with E-state index in [2.05, 4.69) is 26.5 Å². The molecule has 0 aromatic heterocycles. The topological polar surface area (TPSA) is 97.3 Å². The van der Waals surface area contributed by atoms with Crippen molar-refractivity contribution in [1.82, 2.24) is 5.43 Å². The zero-order valence-corrected chi connectivity index (χ0v) is 20.3. The molecule has 0 aliphatic heterocycles. The van der Waals surface area contributed by atoms with E-state index in [1.54, 1.807) is 30.3 Å². The van der Waals surface area contributed by atoms with Crippen LogP contribution in [0, 0.1) is 0 Å². The Labute approximate surface area is 201 Å². The molecule has 10 heteroatoms. The largest absolute Gasteiger partial charge is 0.497 e. The number of nitrogens with zero attached hydrogens (tertiary/aromatic N) is 2. The second kappa shape index (κ2) is 11.0. The maximum Gasteiger partial charge on any atom is 0.264 e. The highest BCUT2D eigenvalue weighted by Gasteiger charge is 2.29. The number of carbonyl (C=O) groups excluding carboxylic acids is 1. The molecular formula is C23H22BrN3O5S. The Balaban J connectivity index is 1.92. The summed E-state index contributed by atoms with van der Waals surface area (Å²) < 4.78 is 39.4. The number of anilines is 1. The summed E-state index contributed by atoms with van der Waals surface area (Å²) in [5.74, 6) is 0.0435. The molecule has 0 fully saturated rings. The number of ether oxygens (including phenoxy) is 2. The number of nitrogens with one attached hydrogen (secondary N) is 1. The molecule has 0 aliphatic rings. The third-order valence-corrected chi connectivity index (χ3v) is 6.85. The Bertz CT molecular complexity index is 1230. The zero-order valence-electron chi connectivity index (χ0n) is 17.9. The van der Waals surface area contributed by atoms with Crippen molar-refractivity contribution in [3.8, 4) is 11.5 Å². The van der Waals surface area contributed by atoms with Crippen molar-refractivity contribution in [3.05, 3.63) is 82.8 Å². The van der Waals surface area contributed by atoms with Crippen LogP contribution in [-0.2, 0) is 14.8 Å². The van der Waals surface area contributed by atoms with E-state index in [1.165, 1.54) is 38.6 Å². The Morgan fingerprint density at radius 2 is 1.73 bits per heavy atom. The molecule has 3 rings (SSSR count). The molecule has 0 heterocycles. The molecule has 3 aromatic carbocycles. The summed E-state index contributed by atoms with van der Waals surface area (Å²) in [7, 11) is -1.23. The van der Waals surface area contributed by atoms with Gasteiger partial charge >= 0.3 is 0 Å². The van der Waals surface area contributed by atoms with Gasteiger partial charge in [-0.15, -0.1) is 0 Å². The molecule has 33 heavy (non-hydrogen) atoms. The number of carbonyl (C=O) groups is 1. The Hall–Kier alpha value is -3.37. The van der Waals surface area contributed by atoms with Crippen molar-refractivity contribution in [3.63, 3.8) is 0 Å². The normalized spacial score (nSPS) is 11.2. The van der Waals surface area contributed by atoms with E-state index in [1.807, 2.05) is 24.3 Å². The fourth-order valence-electron chi connectivity index (χ4n) is 2.90. The van der Waals surface area contributed by atoms with Crippen LogP contribution in [0.1, 0.15) is 5.56 Å². The Morgan fingerprint density at radius 3 is 2.36 bits per heavy atom. The van der Waals surface area contributed by atoms with Gasteiger partial charge in [0.25, 0.3) is 15.9 Å². The quantitative estimate of drug-likeness (QED) is 0.334. The number of rotatable bonds is 9. The van der Waals surface area contributed by atoms with Crippen molar-refractivity contribution in [1.29, 1.82) is 0 Å². The van der Waals surface area contributed by atoms with Gasteiger partial charge in [-0.3, -0.25) is 9.10 Å². The number of methoxy groups -OCH3 is 2. The first-order valence-corrected chi connectivity index (χ1v) is 12.0. The minimum atomic E-state index is -4.11. The molecule has 0 saturated heterocycles. The van der Waals surface area contributed by atoms with Gasteiger partial charge in [0.05, 0.1) is 31.0 Å². The van der Waals surface area contributed by atoms with Gasteiger partial charge in [-0.05, 0) is 42.0 Å². The molecule has 3 aromatic rings. The Kier molecular flexibility index (Phi) is 8.07. The second-order valence-electron chi connectivity index (χ2n) is 6.71. The third-order valence-electron chi connectivity index (χ3n) is 4.55. The number of hydrogen-bond acceptors (Lipinski definition) is 6. The molecule has 172 valence electrons. The summed E-state index contributed by atoms with van der Waals surface area (Å²) in [5.41, 5.74) is 3.30. The van der Waals surface area contributed by atoms with E-state index in [-0.39, 0.29) is 16.3 Å². The monoisotopic (exact) mass is 531 g/mol.